The van der Waals surface area contributed by atoms with Crippen LogP contribution in [0.15, 0.2) is 67.1 Å². The number of pyridine rings is 1. The molecule has 0 aliphatic heterocycles. The number of carbonyl (C=O) groups is 1. The molecule has 0 fully saturated rings. The van der Waals surface area contributed by atoms with Crippen LogP contribution in [0, 0.1) is 0 Å². The van der Waals surface area contributed by atoms with Crippen molar-refractivity contribution in [3.05, 3.63) is 72.7 Å². The number of anilines is 4. The number of nitrogen functional groups attached to an aromatic ring is 1. The highest BCUT2D eigenvalue weighted by molar-refractivity contribution is 5.96. The molecule has 4 rings (SSSR count). The van der Waals surface area contributed by atoms with E-state index in [1.165, 1.54) is 6.33 Å². The van der Waals surface area contributed by atoms with Crippen LogP contribution in [0.4, 0.5) is 23.0 Å². The zero-order chi connectivity index (χ0) is 20.9. The monoisotopic (exact) mass is 401 g/mol. The smallest absolute Gasteiger partial charge is 0.269 e. The summed E-state index contributed by atoms with van der Waals surface area (Å²) in [5, 5.41) is 4.14. The van der Waals surface area contributed by atoms with E-state index < -0.39 is 0 Å². The summed E-state index contributed by atoms with van der Waals surface area (Å²) in [7, 11) is 1.56. The lowest BCUT2D eigenvalue weighted by atomic mass is 10.2. The molecule has 0 aliphatic rings. The van der Waals surface area contributed by atoms with Crippen LogP contribution in [-0.4, -0.2) is 28.0 Å². The van der Waals surface area contributed by atoms with Crippen LogP contribution in [-0.2, 0) is 0 Å². The summed E-state index contributed by atoms with van der Waals surface area (Å²) >= 11 is 0. The molecule has 0 aliphatic carbocycles. The molecule has 9 nitrogen and oxygen atoms in total. The number of hydrazine groups is 1. The lowest BCUT2D eigenvalue weighted by molar-refractivity contribution is 0.0962. The zero-order valence-corrected chi connectivity index (χ0v) is 16.1. The van der Waals surface area contributed by atoms with Crippen LogP contribution in [0.2, 0.25) is 0 Å². The van der Waals surface area contributed by atoms with Gasteiger partial charge in [-0.1, -0.05) is 6.07 Å². The van der Waals surface area contributed by atoms with Crippen molar-refractivity contribution in [2.45, 2.75) is 0 Å². The van der Waals surface area contributed by atoms with Crippen LogP contribution in [0.25, 0.3) is 10.9 Å². The van der Waals surface area contributed by atoms with Crippen LogP contribution in [0.1, 0.15) is 10.4 Å². The number of amides is 1. The molecule has 9 heteroatoms. The van der Waals surface area contributed by atoms with Crippen LogP contribution in [0.5, 0.6) is 5.75 Å². The van der Waals surface area contributed by atoms with E-state index in [-0.39, 0.29) is 17.4 Å². The van der Waals surface area contributed by atoms with Gasteiger partial charge in [0, 0.05) is 22.8 Å². The van der Waals surface area contributed by atoms with Gasteiger partial charge in [-0.05, 0) is 48.5 Å². The normalized spacial score (nSPS) is 10.4. The number of hydrogen-bond donors (Lipinski definition) is 4. The summed E-state index contributed by atoms with van der Waals surface area (Å²) in [6.07, 6.45) is 3.09. The Kier molecular flexibility index (Phi) is 5.25. The van der Waals surface area contributed by atoms with Gasteiger partial charge in [-0.15, -0.1) is 0 Å². The van der Waals surface area contributed by atoms with Crippen molar-refractivity contribution in [1.29, 1.82) is 0 Å². The van der Waals surface area contributed by atoms with E-state index >= 15 is 0 Å². The van der Waals surface area contributed by atoms with Gasteiger partial charge in [-0.2, -0.15) is 0 Å². The molecule has 0 saturated carbocycles. The van der Waals surface area contributed by atoms with Crippen LogP contribution in [0.3, 0.4) is 0 Å². The Morgan fingerprint density at radius 3 is 2.57 bits per heavy atom. The summed E-state index contributed by atoms with van der Waals surface area (Å²) < 4.78 is 5.09. The molecule has 0 bridgehead atoms. The number of ether oxygens (including phenoxy) is 1. The summed E-state index contributed by atoms with van der Waals surface area (Å²) in [4.78, 5) is 25.0. The third-order valence-electron chi connectivity index (χ3n) is 4.43. The van der Waals surface area contributed by atoms with Gasteiger partial charge in [-0.25, -0.2) is 9.97 Å². The first kappa shape index (κ1) is 18.9. The SMILES string of the molecule is COc1ccc(C(=O)NNc2ncnc(Nc3cccc4ncccc34)c2N)cc1. The summed E-state index contributed by atoms with van der Waals surface area (Å²) in [5.41, 5.74) is 13.9. The topological polar surface area (TPSA) is 127 Å². The van der Waals surface area contributed by atoms with E-state index in [0.29, 0.717) is 17.1 Å². The first-order chi connectivity index (χ1) is 14.7. The maximum Gasteiger partial charge on any atom is 0.269 e. The summed E-state index contributed by atoms with van der Waals surface area (Å²) in [6, 6.07) is 16.2. The molecule has 4 aromatic rings. The van der Waals surface area contributed by atoms with Gasteiger partial charge < -0.3 is 15.8 Å². The number of nitrogens with one attached hydrogen (secondary N) is 3. The first-order valence-electron chi connectivity index (χ1n) is 9.07. The average molecular weight is 401 g/mol. The second kappa shape index (κ2) is 8.31. The van der Waals surface area contributed by atoms with E-state index in [9.17, 15) is 4.79 Å². The van der Waals surface area contributed by atoms with E-state index in [2.05, 4.69) is 31.1 Å². The number of hydrogen-bond acceptors (Lipinski definition) is 8. The number of nitrogens with two attached hydrogens (primary N) is 1. The minimum atomic E-state index is -0.342. The largest absolute Gasteiger partial charge is 0.497 e. The third kappa shape index (κ3) is 3.90. The second-order valence-electron chi connectivity index (χ2n) is 6.29. The Morgan fingerprint density at radius 1 is 0.967 bits per heavy atom. The molecular weight excluding hydrogens is 382 g/mol. The van der Waals surface area contributed by atoms with Crippen molar-refractivity contribution in [3.63, 3.8) is 0 Å². The zero-order valence-electron chi connectivity index (χ0n) is 16.1. The van der Waals surface area contributed by atoms with Crippen molar-refractivity contribution < 1.29 is 9.53 Å². The lowest BCUT2D eigenvalue weighted by Crippen LogP contribution is -2.30. The highest BCUT2D eigenvalue weighted by Gasteiger charge is 2.12. The van der Waals surface area contributed by atoms with Crippen LogP contribution < -0.4 is 26.6 Å². The van der Waals surface area contributed by atoms with E-state index in [4.69, 9.17) is 10.5 Å². The fraction of sp³-hybridized carbons (Fsp3) is 0.0476. The molecule has 2 aromatic heterocycles. The molecule has 0 unspecified atom stereocenters. The molecule has 0 saturated heterocycles. The molecule has 5 N–H and O–H groups in total. The number of benzene rings is 2. The van der Waals surface area contributed by atoms with Gasteiger partial charge in [0.05, 0.1) is 12.6 Å². The minimum Gasteiger partial charge on any atom is -0.497 e. The van der Waals surface area contributed by atoms with Gasteiger partial charge in [0.15, 0.2) is 11.6 Å². The second-order valence-corrected chi connectivity index (χ2v) is 6.29. The fourth-order valence-corrected chi connectivity index (χ4v) is 2.87. The third-order valence-corrected chi connectivity index (χ3v) is 4.43. The standard InChI is InChI=1S/C21H19N7O2/c1-30-14-9-7-13(8-10-14)21(29)28-27-20-18(22)19(24-12-25-20)26-17-6-2-5-16-15(17)4-3-11-23-16/h2-12H,22H2,1H3,(H,28,29)(H2,24,25,26,27). The van der Waals surface area contributed by atoms with Crippen molar-refractivity contribution in [2.75, 3.05) is 23.6 Å². The highest BCUT2D eigenvalue weighted by Crippen LogP contribution is 2.29. The predicted molar refractivity (Wildman–Crippen MR) is 116 cm³/mol. The highest BCUT2D eigenvalue weighted by atomic mass is 16.5. The minimum absolute atomic E-state index is 0.258. The molecule has 2 heterocycles. The van der Waals surface area contributed by atoms with Gasteiger partial charge >= 0.3 is 0 Å². The lowest BCUT2D eigenvalue weighted by Gasteiger charge is -2.14. The maximum absolute atomic E-state index is 12.3. The fourth-order valence-electron chi connectivity index (χ4n) is 2.87. The first-order valence-corrected chi connectivity index (χ1v) is 9.07. The number of fused-ring (bicyclic) bond motifs is 1. The summed E-state index contributed by atoms with van der Waals surface area (Å²) in [6.45, 7) is 0. The average Bonchev–Trinajstić information content (AvgIpc) is 2.79. The quantitative estimate of drug-likeness (QED) is 0.363. The van der Waals surface area contributed by atoms with Crippen molar-refractivity contribution in [1.82, 2.24) is 20.4 Å². The van der Waals surface area contributed by atoms with Gasteiger partial charge in [0.2, 0.25) is 0 Å². The number of methoxy groups -OCH3 is 1. The number of nitrogens with zero attached hydrogens (tertiary/aromatic N) is 3. The molecule has 2 aromatic carbocycles. The molecule has 30 heavy (non-hydrogen) atoms. The van der Waals surface area contributed by atoms with Crippen LogP contribution >= 0.6 is 0 Å². The van der Waals surface area contributed by atoms with E-state index in [1.807, 2.05) is 30.3 Å². The number of aromatic nitrogens is 3. The van der Waals surface area contributed by atoms with Crippen molar-refractivity contribution >= 4 is 39.8 Å². The molecule has 0 spiro atoms. The van der Waals surface area contributed by atoms with Gasteiger partial charge in [0.25, 0.3) is 5.91 Å². The van der Waals surface area contributed by atoms with E-state index in [0.717, 1.165) is 16.6 Å². The molecule has 0 radical (unpaired) electrons. The summed E-state index contributed by atoms with van der Waals surface area (Å²) in [5.74, 6) is 1.000. The Balaban J connectivity index is 1.50. The van der Waals surface area contributed by atoms with Crippen molar-refractivity contribution in [3.8, 4) is 5.75 Å². The molecule has 0 atom stereocenters. The Bertz CT molecular complexity index is 1190. The van der Waals surface area contributed by atoms with E-state index in [1.54, 1.807) is 37.6 Å². The predicted octanol–water partition coefficient (Wildman–Crippen LogP) is 3.12. The van der Waals surface area contributed by atoms with Gasteiger partial charge in [-0.3, -0.25) is 20.6 Å². The number of rotatable bonds is 6. The maximum atomic E-state index is 12.3. The van der Waals surface area contributed by atoms with Gasteiger partial charge in [0.1, 0.15) is 17.8 Å². The Labute approximate surface area is 172 Å². The Hall–Kier alpha value is -4.40. The molecular formula is C21H19N7O2. The molecule has 150 valence electrons. The Morgan fingerprint density at radius 2 is 1.77 bits per heavy atom. The number of carbonyl (C=O) groups excluding carboxylic acids is 1. The van der Waals surface area contributed by atoms with Crippen molar-refractivity contribution in [2.24, 2.45) is 0 Å². The molecule has 1 amide bonds.